The Balaban J connectivity index is 1.94. The van der Waals surface area contributed by atoms with Gasteiger partial charge in [0.25, 0.3) is 0 Å². The van der Waals surface area contributed by atoms with E-state index in [2.05, 4.69) is 36.0 Å². The van der Waals surface area contributed by atoms with Crippen LogP contribution in [0.1, 0.15) is 24.0 Å². The van der Waals surface area contributed by atoms with Gasteiger partial charge in [0.05, 0.1) is 23.6 Å². The van der Waals surface area contributed by atoms with Crippen LogP contribution >= 0.6 is 15.9 Å². The lowest BCUT2D eigenvalue weighted by molar-refractivity contribution is -0.144. The fourth-order valence-corrected chi connectivity index (χ4v) is 2.65. The Morgan fingerprint density at radius 1 is 1.15 bits per heavy atom. The van der Waals surface area contributed by atoms with Gasteiger partial charge in [-0.2, -0.15) is 18.3 Å². The van der Waals surface area contributed by atoms with Crippen LogP contribution in [0.15, 0.2) is 47.5 Å². The largest absolute Gasteiger partial charge is 0.451 e. The van der Waals surface area contributed by atoms with Gasteiger partial charge in [-0.05, 0) is 40.5 Å². The van der Waals surface area contributed by atoms with E-state index in [0.29, 0.717) is 17.7 Å². The summed E-state index contributed by atoms with van der Waals surface area (Å²) in [5.74, 6) is -1.20. The second-order valence-corrected chi connectivity index (χ2v) is 6.32. The number of aliphatic hydroxyl groups is 1. The molecule has 3 heterocycles. The third-order valence-electron chi connectivity index (χ3n) is 3.62. The number of aromatic nitrogens is 5. The number of pyridine rings is 1. The van der Waals surface area contributed by atoms with E-state index in [-0.39, 0.29) is 18.3 Å². The molecule has 26 heavy (non-hydrogen) atoms. The van der Waals surface area contributed by atoms with Gasteiger partial charge in [-0.1, -0.05) is 0 Å². The van der Waals surface area contributed by atoms with Crippen LogP contribution in [0.2, 0.25) is 0 Å². The molecule has 3 rings (SSSR count). The first-order valence-corrected chi connectivity index (χ1v) is 8.35. The van der Waals surface area contributed by atoms with Crippen LogP contribution in [-0.4, -0.2) is 36.4 Å². The predicted molar refractivity (Wildman–Crippen MR) is 90.0 cm³/mol. The van der Waals surface area contributed by atoms with E-state index < -0.39 is 12.0 Å². The quantitative estimate of drug-likeness (QED) is 0.674. The van der Waals surface area contributed by atoms with Crippen molar-refractivity contribution in [2.45, 2.75) is 18.6 Å². The number of hydrogen-bond acceptors (Lipinski definition) is 5. The molecule has 0 bridgehead atoms. The zero-order valence-corrected chi connectivity index (χ0v) is 14.8. The standard InChI is InChI=1S/C16H13BrF3N5O/c17-11-1-2-13(22-8-11)14(4-6-26)25-9-10(7-23-25)12-3-5-21-15(24-12)16(18,19)20/h1-3,5,7-9,14,26H,4,6H2. The average Bonchev–Trinajstić information content (AvgIpc) is 3.10. The molecule has 0 spiro atoms. The van der Waals surface area contributed by atoms with Crippen LogP contribution in [-0.2, 0) is 6.18 Å². The van der Waals surface area contributed by atoms with Gasteiger partial charge >= 0.3 is 6.18 Å². The summed E-state index contributed by atoms with van der Waals surface area (Å²) in [6.45, 7) is -0.0939. The first-order chi connectivity index (χ1) is 12.4. The van der Waals surface area contributed by atoms with Gasteiger partial charge in [0.15, 0.2) is 0 Å². The van der Waals surface area contributed by atoms with E-state index in [1.165, 1.54) is 12.3 Å². The molecular weight excluding hydrogens is 415 g/mol. The van der Waals surface area contributed by atoms with E-state index in [0.717, 1.165) is 10.7 Å². The lowest BCUT2D eigenvalue weighted by atomic mass is 10.1. The van der Waals surface area contributed by atoms with Gasteiger partial charge in [0.2, 0.25) is 5.82 Å². The lowest BCUT2D eigenvalue weighted by Gasteiger charge is -2.16. The Kier molecular flexibility index (Phi) is 5.33. The van der Waals surface area contributed by atoms with Gasteiger partial charge < -0.3 is 5.11 Å². The minimum absolute atomic E-state index is 0.0939. The van der Waals surface area contributed by atoms with E-state index in [1.54, 1.807) is 23.1 Å². The van der Waals surface area contributed by atoms with Crippen molar-refractivity contribution in [3.8, 4) is 11.3 Å². The number of aliphatic hydroxyl groups excluding tert-OH is 1. The van der Waals surface area contributed by atoms with Crippen molar-refractivity contribution in [3.63, 3.8) is 0 Å². The number of rotatable bonds is 5. The third kappa shape index (κ3) is 4.07. The Bertz CT molecular complexity index is 882. The average molecular weight is 428 g/mol. The Morgan fingerprint density at radius 3 is 2.62 bits per heavy atom. The predicted octanol–water partition coefficient (Wildman–Crippen LogP) is 3.49. The molecule has 6 nitrogen and oxygen atoms in total. The summed E-state index contributed by atoms with van der Waals surface area (Å²) in [4.78, 5) is 11.1. The molecule has 0 aliphatic carbocycles. The monoisotopic (exact) mass is 427 g/mol. The molecule has 0 radical (unpaired) electrons. The summed E-state index contributed by atoms with van der Waals surface area (Å²) < 4.78 is 40.7. The fourth-order valence-electron chi connectivity index (χ4n) is 2.42. The second kappa shape index (κ2) is 7.50. The Labute approximate surface area is 154 Å². The summed E-state index contributed by atoms with van der Waals surface area (Å²) in [7, 11) is 0. The van der Waals surface area contributed by atoms with E-state index in [9.17, 15) is 18.3 Å². The highest BCUT2D eigenvalue weighted by Crippen LogP contribution is 2.28. The smallest absolute Gasteiger partial charge is 0.396 e. The van der Waals surface area contributed by atoms with E-state index >= 15 is 0 Å². The van der Waals surface area contributed by atoms with E-state index in [4.69, 9.17) is 0 Å². The van der Waals surface area contributed by atoms with Crippen LogP contribution in [0.5, 0.6) is 0 Å². The molecule has 3 aromatic heterocycles. The maximum absolute atomic E-state index is 12.8. The molecule has 0 fully saturated rings. The van der Waals surface area contributed by atoms with Gasteiger partial charge in [0.1, 0.15) is 0 Å². The zero-order chi connectivity index (χ0) is 18.7. The van der Waals surface area contributed by atoms with Crippen molar-refractivity contribution in [2.24, 2.45) is 0 Å². The van der Waals surface area contributed by atoms with Crippen LogP contribution in [0, 0.1) is 0 Å². The molecule has 0 aromatic carbocycles. The van der Waals surface area contributed by atoms with Crippen LogP contribution in [0.3, 0.4) is 0 Å². The molecule has 3 aromatic rings. The van der Waals surface area contributed by atoms with Crippen molar-refractivity contribution in [2.75, 3.05) is 6.61 Å². The molecule has 0 saturated heterocycles. The molecule has 0 aliphatic heterocycles. The summed E-state index contributed by atoms with van der Waals surface area (Å²) in [5.41, 5.74) is 1.21. The minimum atomic E-state index is -4.62. The molecule has 1 N–H and O–H groups in total. The maximum atomic E-state index is 12.8. The summed E-state index contributed by atoms with van der Waals surface area (Å²) >= 11 is 3.31. The van der Waals surface area contributed by atoms with Crippen molar-refractivity contribution < 1.29 is 18.3 Å². The second-order valence-electron chi connectivity index (χ2n) is 5.40. The van der Waals surface area contributed by atoms with E-state index in [1.807, 2.05) is 6.07 Å². The summed E-state index contributed by atoms with van der Waals surface area (Å²) in [5, 5.41) is 13.6. The Hall–Kier alpha value is -2.33. The fraction of sp³-hybridized carbons (Fsp3) is 0.250. The first-order valence-electron chi connectivity index (χ1n) is 7.55. The molecular formula is C16H13BrF3N5O. The van der Waals surface area contributed by atoms with Crippen molar-refractivity contribution >= 4 is 15.9 Å². The van der Waals surface area contributed by atoms with Crippen molar-refractivity contribution in [1.29, 1.82) is 0 Å². The van der Waals surface area contributed by atoms with Crippen LogP contribution in [0.25, 0.3) is 11.3 Å². The molecule has 0 saturated carbocycles. The van der Waals surface area contributed by atoms with Gasteiger partial charge in [-0.25, -0.2) is 9.97 Å². The Morgan fingerprint density at radius 2 is 1.96 bits per heavy atom. The highest BCUT2D eigenvalue weighted by atomic mass is 79.9. The molecule has 10 heteroatoms. The molecule has 1 atom stereocenters. The van der Waals surface area contributed by atoms with Gasteiger partial charge in [-0.3, -0.25) is 9.67 Å². The zero-order valence-electron chi connectivity index (χ0n) is 13.2. The number of alkyl halides is 3. The molecule has 0 aliphatic rings. The van der Waals surface area contributed by atoms with Crippen LogP contribution in [0.4, 0.5) is 13.2 Å². The van der Waals surface area contributed by atoms with Gasteiger partial charge in [-0.15, -0.1) is 0 Å². The third-order valence-corrected chi connectivity index (χ3v) is 4.09. The minimum Gasteiger partial charge on any atom is -0.396 e. The summed E-state index contributed by atoms with van der Waals surface area (Å²) in [6.07, 6.45) is 1.42. The number of hydrogen-bond donors (Lipinski definition) is 1. The highest BCUT2D eigenvalue weighted by molar-refractivity contribution is 9.10. The molecule has 0 amide bonds. The SMILES string of the molecule is OCCC(c1ccc(Br)cn1)n1cc(-c2ccnc(C(F)(F)F)n2)cn1. The first kappa shape index (κ1) is 18.5. The van der Waals surface area contributed by atoms with Crippen molar-refractivity contribution in [3.05, 3.63) is 59.0 Å². The summed E-state index contributed by atoms with van der Waals surface area (Å²) in [6, 6.07) is 4.64. The lowest BCUT2D eigenvalue weighted by Crippen LogP contribution is -2.14. The number of nitrogens with zero attached hydrogens (tertiary/aromatic N) is 5. The van der Waals surface area contributed by atoms with Crippen LogP contribution < -0.4 is 0 Å². The molecule has 1 unspecified atom stereocenters. The van der Waals surface area contributed by atoms with Gasteiger partial charge in [0, 0.05) is 35.2 Å². The normalized spacial score (nSPS) is 13.0. The highest BCUT2D eigenvalue weighted by Gasteiger charge is 2.34. The van der Waals surface area contributed by atoms with Crippen molar-refractivity contribution in [1.82, 2.24) is 24.7 Å². The maximum Gasteiger partial charge on any atom is 0.451 e. The number of halogens is 4. The topological polar surface area (TPSA) is 76.7 Å². The molecule has 136 valence electrons.